The van der Waals surface area contributed by atoms with Gasteiger partial charge in [0.05, 0.1) is 6.42 Å². The molecule has 0 fully saturated rings. The van der Waals surface area contributed by atoms with E-state index in [2.05, 4.69) is 9.72 Å². The van der Waals surface area contributed by atoms with Crippen molar-refractivity contribution in [3.05, 3.63) is 17.3 Å². The number of hydrogen-bond donors (Lipinski definition) is 2. The molecule has 3 N–H and O–H groups in total. The lowest BCUT2D eigenvalue weighted by Gasteiger charge is -2.11. The summed E-state index contributed by atoms with van der Waals surface area (Å²) >= 11 is 0. The maximum atomic E-state index is 12.0. The van der Waals surface area contributed by atoms with Crippen LogP contribution in [0.1, 0.15) is 11.3 Å². The fourth-order valence-electron chi connectivity index (χ4n) is 1.13. The minimum atomic E-state index is -5.01. The number of nitriles is 1. The molecule has 96 valence electrons. The summed E-state index contributed by atoms with van der Waals surface area (Å²) in [6, 6.07) is 2.11. The Morgan fingerprint density at radius 3 is 2.67 bits per heavy atom. The van der Waals surface area contributed by atoms with Crippen molar-refractivity contribution in [1.29, 1.82) is 5.26 Å². The average Bonchev–Trinajstić information content (AvgIpc) is 2.19. The van der Waals surface area contributed by atoms with Gasteiger partial charge in [0, 0.05) is 5.56 Å². The van der Waals surface area contributed by atoms with Crippen LogP contribution in [0.3, 0.4) is 0 Å². The Kier molecular flexibility index (Phi) is 3.61. The Bertz CT molecular complexity index is 522. The van der Waals surface area contributed by atoms with Crippen molar-refractivity contribution in [1.82, 2.24) is 4.98 Å². The molecule has 1 heterocycles. The lowest BCUT2D eigenvalue weighted by molar-refractivity contribution is -0.274. The third-order valence-electron chi connectivity index (χ3n) is 1.77. The Hall–Kier alpha value is -2.50. The monoisotopic (exact) mass is 261 g/mol. The molecular weight excluding hydrogens is 255 g/mol. The molecule has 0 radical (unpaired) electrons. The number of carboxylic acid groups (broad SMARTS) is 1. The minimum Gasteiger partial charge on any atom is -0.481 e. The summed E-state index contributed by atoms with van der Waals surface area (Å²) in [5, 5.41) is 17.1. The van der Waals surface area contributed by atoms with Crippen LogP contribution in [-0.2, 0) is 11.2 Å². The van der Waals surface area contributed by atoms with Gasteiger partial charge >= 0.3 is 12.3 Å². The maximum Gasteiger partial charge on any atom is 0.573 e. The van der Waals surface area contributed by atoms with Gasteiger partial charge in [0.1, 0.15) is 11.9 Å². The molecule has 0 aliphatic rings. The molecule has 0 amide bonds. The van der Waals surface area contributed by atoms with E-state index < -0.39 is 30.2 Å². The number of ether oxygens (including phenoxy) is 1. The van der Waals surface area contributed by atoms with Crippen molar-refractivity contribution < 1.29 is 27.8 Å². The molecule has 0 aliphatic carbocycles. The van der Waals surface area contributed by atoms with Crippen LogP contribution in [0.5, 0.6) is 5.75 Å². The molecule has 0 spiro atoms. The number of anilines is 1. The highest BCUT2D eigenvalue weighted by Gasteiger charge is 2.33. The van der Waals surface area contributed by atoms with Gasteiger partial charge in [0.25, 0.3) is 0 Å². The second-order valence-electron chi connectivity index (χ2n) is 3.11. The zero-order valence-electron chi connectivity index (χ0n) is 8.65. The molecule has 1 aromatic heterocycles. The molecule has 18 heavy (non-hydrogen) atoms. The first-order chi connectivity index (χ1) is 8.23. The second kappa shape index (κ2) is 4.79. The highest BCUT2D eigenvalue weighted by atomic mass is 19.4. The van der Waals surface area contributed by atoms with Crippen molar-refractivity contribution in [2.24, 2.45) is 0 Å². The summed E-state index contributed by atoms with van der Waals surface area (Å²) in [5.74, 6) is -2.51. The smallest absolute Gasteiger partial charge is 0.481 e. The summed E-state index contributed by atoms with van der Waals surface area (Å²) in [5.41, 5.74) is 4.48. The van der Waals surface area contributed by atoms with Crippen LogP contribution >= 0.6 is 0 Å². The first-order valence-electron chi connectivity index (χ1n) is 4.40. The van der Waals surface area contributed by atoms with Gasteiger partial charge in [-0.2, -0.15) is 5.26 Å². The van der Waals surface area contributed by atoms with E-state index >= 15 is 0 Å². The van der Waals surface area contributed by atoms with Gasteiger partial charge in [-0.3, -0.25) is 4.79 Å². The topological polar surface area (TPSA) is 109 Å². The lowest BCUT2D eigenvalue weighted by atomic mass is 10.1. The molecule has 0 saturated heterocycles. The molecule has 9 heteroatoms. The Balaban J connectivity index is 3.23. The summed E-state index contributed by atoms with van der Waals surface area (Å²) in [6.07, 6.45) is -5.64. The van der Waals surface area contributed by atoms with Crippen LogP contribution < -0.4 is 10.5 Å². The van der Waals surface area contributed by atoms with Crippen LogP contribution in [0, 0.1) is 11.3 Å². The van der Waals surface area contributed by atoms with E-state index in [1.165, 1.54) is 6.07 Å². The number of halogens is 3. The van der Waals surface area contributed by atoms with E-state index in [-0.39, 0.29) is 11.4 Å². The van der Waals surface area contributed by atoms with Gasteiger partial charge in [0.15, 0.2) is 11.4 Å². The zero-order chi connectivity index (χ0) is 13.9. The Labute approximate surface area is 98.4 Å². The number of alkyl halides is 3. The van der Waals surface area contributed by atoms with Crippen LogP contribution in [-0.4, -0.2) is 22.4 Å². The van der Waals surface area contributed by atoms with Crippen LogP contribution in [0.25, 0.3) is 0 Å². The molecule has 6 nitrogen and oxygen atoms in total. The first kappa shape index (κ1) is 13.6. The number of aliphatic carboxylic acids is 1. The fraction of sp³-hybridized carbons (Fsp3) is 0.222. The minimum absolute atomic E-state index is 0.166. The fourth-order valence-corrected chi connectivity index (χ4v) is 1.13. The van der Waals surface area contributed by atoms with Gasteiger partial charge in [0.2, 0.25) is 0 Å². The van der Waals surface area contributed by atoms with Crippen molar-refractivity contribution in [2.75, 3.05) is 5.73 Å². The van der Waals surface area contributed by atoms with E-state index in [0.717, 1.165) is 6.07 Å². The van der Waals surface area contributed by atoms with Crippen molar-refractivity contribution >= 4 is 11.8 Å². The largest absolute Gasteiger partial charge is 0.573 e. The van der Waals surface area contributed by atoms with Gasteiger partial charge < -0.3 is 15.6 Å². The molecular formula is C9H6F3N3O3. The molecule has 0 unspecified atom stereocenters. The first-order valence-corrected chi connectivity index (χ1v) is 4.40. The van der Waals surface area contributed by atoms with Crippen molar-refractivity contribution in [3.63, 3.8) is 0 Å². The summed E-state index contributed by atoms with van der Waals surface area (Å²) < 4.78 is 39.7. The van der Waals surface area contributed by atoms with Crippen molar-refractivity contribution in [3.8, 4) is 11.8 Å². The molecule has 0 saturated carbocycles. The number of carboxylic acids is 1. The number of nitrogens with two attached hydrogens (primary N) is 1. The number of nitrogens with zero attached hydrogens (tertiary/aromatic N) is 2. The van der Waals surface area contributed by atoms with E-state index in [4.69, 9.17) is 16.1 Å². The number of pyridine rings is 1. The third-order valence-corrected chi connectivity index (χ3v) is 1.77. The summed E-state index contributed by atoms with van der Waals surface area (Å²) in [7, 11) is 0. The maximum absolute atomic E-state index is 12.0. The highest BCUT2D eigenvalue weighted by Crippen LogP contribution is 2.28. The van der Waals surface area contributed by atoms with Crippen LogP contribution in [0.4, 0.5) is 19.0 Å². The second-order valence-corrected chi connectivity index (χ2v) is 3.11. The van der Waals surface area contributed by atoms with Gasteiger partial charge in [-0.05, 0) is 6.07 Å². The van der Waals surface area contributed by atoms with E-state index in [1.807, 2.05) is 0 Å². The molecule has 0 atom stereocenters. The molecule has 0 aromatic carbocycles. The summed E-state index contributed by atoms with van der Waals surface area (Å²) in [4.78, 5) is 13.8. The number of aromatic nitrogens is 1. The number of rotatable bonds is 3. The normalized spacial score (nSPS) is 10.8. The van der Waals surface area contributed by atoms with E-state index in [1.54, 1.807) is 0 Å². The zero-order valence-corrected chi connectivity index (χ0v) is 8.65. The quantitative estimate of drug-likeness (QED) is 0.841. The predicted molar refractivity (Wildman–Crippen MR) is 51.4 cm³/mol. The van der Waals surface area contributed by atoms with Gasteiger partial charge in [-0.15, -0.1) is 13.2 Å². The molecule has 0 aliphatic heterocycles. The number of hydrogen-bond acceptors (Lipinski definition) is 5. The van der Waals surface area contributed by atoms with E-state index in [0.29, 0.717) is 0 Å². The van der Waals surface area contributed by atoms with Gasteiger partial charge in [-0.25, -0.2) is 4.98 Å². The third kappa shape index (κ3) is 3.51. The molecule has 1 rings (SSSR count). The number of nitrogen functional groups attached to an aromatic ring is 1. The average molecular weight is 261 g/mol. The van der Waals surface area contributed by atoms with E-state index in [9.17, 15) is 18.0 Å². The van der Waals surface area contributed by atoms with Gasteiger partial charge in [-0.1, -0.05) is 0 Å². The SMILES string of the molecule is N#Cc1nc(N)c(CC(=O)O)cc1OC(F)(F)F. The van der Waals surface area contributed by atoms with Crippen molar-refractivity contribution in [2.45, 2.75) is 12.8 Å². The van der Waals surface area contributed by atoms with Crippen LogP contribution in [0.15, 0.2) is 6.07 Å². The lowest BCUT2D eigenvalue weighted by Crippen LogP contribution is -2.19. The van der Waals surface area contributed by atoms with Crippen LogP contribution in [0.2, 0.25) is 0 Å². The standard InChI is InChI=1S/C9H6F3N3O3/c10-9(11,12)18-6-1-4(2-7(16)17)8(14)15-5(6)3-13/h1H,2H2,(H2,14,15)(H,16,17). The highest BCUT2D eigenvalue weighted by molar-refractivity contribution is 5.72. The molecule has 0 bridgehead atoms. The summed E-state index contributed by atoms with van der Waals surface area (Å²) in [6.45, 7) is 0. The number of carbonyl (C=O) groups is 1. The Morgan fingerprint density at radius 1 is 1.61 bits per heavy atom. The Morgan fingerprint density at radius 2 is 2.22 bits per heavy atom. The predicted octanol–water partition coefficient (Wildman–Crippen LogP) is 1.06. The molecule has 1 aromatic rings.